The van der Waals surface area contributed by atoms with Gasteiger partial charge in [-0.2, -0.15) is 8.78 Å². The standard InChI is InChI=1S/C21H21F2NO3/c1-3-17(24-20(25)15-7-5-4-6-8-15)13-18(19(22)23)14-9-11-16(12-10-14)21(26)27-2/h4-12,17H,3,13H2,1-2H3,(H,24,25). The van der Waals surface area contributed by atoms with Gasteiger partial charge in [0.15, 0.2) is 0 Å². The minimum absolute atomic E-state index is 0.0189. The molecule has 2 aromatic carbocycles. The molecule has 27 heavy (non-hydrogen) atoms. The molecule has 0 bridgehead atoms. The summed E-state index contributed by atoms with van der Waals surface area (Å²) >= 11 is 0. The third kappa shape index (κ3) is 5.48. The molecule has 0 saturated heterocycles. The summed E-state index contributed by atoms with van der Waals surface area (Å²) in [5.41, 5.74) is 0.899. The van der Waals surface area contributed by atoms with Crippen molar-refractivity contribution in [3.05, 3.63) is 77.4 Å². The van der Waals surface area contributed by atoms with Gasteiger partial charge in [0, 0.05) is 17.2 Å². The monoisotopic (exact) mass is 373 g/mol. The number of esters is 1. The lowest BCUT2D eigenvalue weighted by Gasteiger charge is -2.19. The van der Waals surface area contributed by atoms with Gasteiger partial charge in [0.1, 0.15) is 0 Å². The molecule has 0 saturated carbocycles. The molecule has 0 aliphatic rings. The highest BCUT2D eigenvalue weighted by atomic mass is 19.3. The first-order valence-corrected chi connectivity index (χ1v) is 8.55. The lowest BCUT2D eigenvalue weighted by Crippen LogP contribution is -2.34. The number of methoxy groups -OCH3 is 1. The molecule has 2 aromatic rings. The van der Waals surface area contributed by atoms with Crippen LogP contribution in [0.5, 0.6) is 0 Å². The molecule has 1 N–H and O–H groups in total. The van der Waals surface area contributed by atoms with Crippen molar-refractivity contribution >= 4 is 17.4 Å². The summed E-state index contributed by atoms with van der Waals surface area (Å²) in [5, 5.41) is 2.80. The van der Waals surface area contributed by atoms with Gasteiger partial charge in [-0.1, -0.05) is 37.3 Å². The second-order valence-corrected chi connectivity index (χ2v) is 5.96. The van der Waals surface area contributed by atoms with Crippen LogP contribution in [0, 0.1) is 0 Å². The normalized spacial score (nSPS) is 11.4. The number of carbonyl (C=O) groups is 2. The molecule has 0 aromatic heterocycles. The van der Waals surface area contributed by atoms with E-state index in [0.29, 0.717) is 17.5 Å². The van der Waals surface area contributed by atoms with Crippen LogP contribution in [-0.4, -0.2) is 25.0 Å². The Balaban J connectivity index is 2.15. The van der Waals surface area contributed by atoms with Crippen LogP contribution < -0.4 is 5.32 Å². The third-order valence-electron chi connectivity index (χ3n) is 4.20. The van der Waals surface area contributed by atoms with Crippen LogP contribution in [0.4, 0.5) is 8.78 Å². The number of hydrogen-bond donors (Lipinski definition) is 1. The minimum Gasteiger partial charge on any atom is -0.465 e. The summed E-state index contributed by atoms with van der Waals surface area (Å²) in [6.07, 6.45) is -1.34. The summed E-state index contributed by atoms with van der Waals surface area (Å²) < 4.78 is 31.7. The van der Waals surface area contributed by atoms with Crippen LogP contribution in [0.15, 0.2) is 60.7 Å². The van der Waals surface area contributed by atoms with Crippen LogP contribution in [0.1, 0.15) is 46.0 Å². The Labute approximate surface area is 156 Å². The van der Waals surface area contributed by atoms with Crippen molar-refractivity contribution in [2.45, 2.75) is 25.8 Å². The summed E-state index contributed by atoms with van der Waals surface area (Å²) in [6, 6.07) is 13.9. The van der Waals surface area contributed by atoms with Crippen molar-refractivity contribution in [1.82, 2.24) is 5.32 Å². The maximum atomic E-state index is 13.5. The van der Waals surface area contributed by atoms with E-state index < -0.39 is 18.1 Å². The Hall–Kier alpha value is -3.02. The minimum atomic E-state index is -1.81. The molecular weight excluding hydrogens is 352 g/mol. The van der Waals surface area contributed by atoms with E-state index in [1.165, 1.54) is 31.4 Å². The molecule has 1 atom stereocenters. The number of hydrogen-bond acceptors (Lipinski definition) is 3. The van der Waals surface area contributed by atoms with Crippen LogP contribution in [0.2, 0.25) is 0 Å². The van der Waals surface area contributed by atoms with Crippen molar-refractivity contribution in [2.75, 3.05) is 7.11 Å². The Morgan fingerprint density at radius 3 is 2.07 bits per heavy atom. The molecule has 0 heterocycles. The second-order valence-electron chi connectivity index (χ2n) is 5.96. The van der Waals surface area contributed by atoms with Gasteiger partial charge < -0.3 is 10.1 Å². The van der Waals surface area contributed by atoms with Crippen molar-refractivity contribution in [3.63, 3.8) is 0 Å². The van der Waals surface area contributed by atoms with E-state index in [4.69, 9.17) is 0 Å². The van der Waals surface area contributed by atoms with Crippen LogP contribution in [0.25, 0.3) is 5.57 Å². The highest BCUT2D eigenvalue weighted by Crippen LogP contribution is 2.27. The van der Waals surface area contributed by atoms with Crippen molar-refractivity contribution in [1.29, 1.82) is 0 Å². The van der Waals surface area contributed by atoms with E-state index in [1.54, 1.807) is 30.3 Å². The molecule has 1 unspecified atom stereocenters. The summed E-state index contributed by atoms with van der Waals surface area (Å²) in [7, 11) is 1.25. The molecule has 4 nitrogen and oxygen atoms in total. The third-order valence-corrected chi connectivity index (χ3v) is 4.20. The molecule has 2 rings (SSSR count). The fraction of sp³-hybridized carbons (Fsp3) is 0.238. The van der Waals surface area contributed by atoms with Gasteiger partial charge in [-0.15, -0.1) is 0 Å². The van der Waals surface area contributed by atoms with Gasteiger partial charge in [-0.05, 0) is 42.7 Å². The number of nitrogens with one attached hydrogen (secondary N) is 1. The van der Waals surface area contributed by atoms with Crippen molar-refractivity contribution in [3.8, 4) is 0 Å². The zero-order chi connectivity index (χ0) is 19.8. The Kier molecular flexibility index (Phi) is 7.23. The average Bonchev–Trinajstić information content (AvgIpc) is 2.70. The van der Waals surface area contributed by atoms with Gasteiger partial charge in [0.05, 0.1) is 12.7 Å². The molecule has 1 amide bonds. The molecule has 0 spiro atoms. The summed E-state index contributed by atoms with van der Waals surface area (Å²) in [4.78, 5) is 23.8. The summed E-state index contributed by atoms with van der Waals surface area (Å²) in [5.74, 6) is -0.837. The molecule has 0 aliphatic carbocycles. The maximum absolute atomic E-state index is 13.5. The summed E-state index contributed by atoms with van der Waals surface area (Å²) in [6.45, 7) is 1.82. The Morgan fingerprint density at radius 2 is 1.56 bits per heavy atom. The number of ether oxygens (including phenoxy) is 1. The molecule has 0 aliphatic heterocycles. The van der Waals surface area contributed by atoms with Crippen LogP contribution in [0.3, 0.4) is 0 Å². The molecule has 0 radical (unpaired) electrons. The molecular formula is C21H21F2NO3. The maximum Gasteiger partial charge on any atom is 0.337 e. The smallest absolute Gasteiger partial charge is 0.337 e. The molecule has 142 valence electrons. The van der Waals surface area contributed by atoms with Crippen molar-refractivity contribution < 1.29 is 23.1 Å². The fourth-order valence-corrected chi connectivity index (χ4v) is 2.63. The van der Waals surface area contributed by atoms with E-state index in [0.717, 1.165) is 0 Å². The van der Waals surface area contributed by atoms with E-state index in [9.17, 15) is 18.4 Å². The highest BCUT2D eigenvalue weighted by molar-refractivity contribution is 5.94. The molecule has 6 heteroatoms. The number of amides is 1. The predicted octanol–water partition coefficient (Wildman–Crippen LogP) is 4.68. The Morgan fingerprint density at radius 1 is 0.963 bits per heavy atom. The second kappa shape index (κ2) is 9.62. The SMILES string of the molecule is CCC(CC(=C(F)F)c1ccc(C(=O)OC)cc1)NC(=O)c1ccccc1. The van der Waals surface area contributed by atoms with Gasteiger partial charge >= 0.3 is 5.97 Å². The quantitative estimate of drug-likeness (QED) is 0.717. The zero-order valence-corrected chi connectivity index (χ0v) is 15.2. The largest absolute Gasteiger partial charge is 0.465 e. The van der Waals surface area contributed by atoms with E-state index >= 15 is 0 Å². The number of halogens is 2. The highest BCUT2D eigenvalue weighted by Gasteiger charge is 2.18. The van der Waals surface area contributed by atoms with E-state index in [1.807, 2.05) is 6.92 Å². The fourth-order valence-electron chi connectivity index (χ4n) is 2.63. The van der Waals surface area contributed by atoms with Crippen LogP contribution in [-0.2, 0) is 4.74 Å². The zero-order valence-electron chi connectivity index (χ0n) is 15.2. The first kappa shape index (κ1) is 20.3. The number of carbonyl (C=O) groups excluding carboxylic acids is 2. The van der Waals surface area contributed by atoms with Gasteiger partial charge in [0.2, 0.25) is 0 Å². The predicted molar refractivity (Wildman–Crippen MR) is 99.5 cm³/mol. The number of rotatable bonds is 7. The average molecular weight is 373 g/mol. The Bertz CT molecular complexity index is 813. The van der Waals surface area contributed by atoms with Crippen LogP contribution >= 0.6 is 0 Å². The first-order valence-electron chi connectivity index (χ1n) is 8.55. The topological polar surface area (TPSA) is 55.4 Å². The van der Waals surface area contributed by atoms with Crippen molar-refractivity contribution in [2.24, 2.45) is 0 Å². The van der Waals surface area contributed by atoms with Gasteiger partial charge in [0.25, 0.3) is 12.0 Å². The lowest BCUT2D eigenvalue weighted by atomic mass is 9.97. The first-order chi connectivity index (χ1) is 13.0. The van der Waals surface area contributed by atoms with Gasteiger partial charge in [-0.25, -0.2) is 4.79 Å². The number of benzene rings is 2. The van der Waals surface area contributed by atoms with Gasteiger partial charge in [-0.3, -0.25) is 4.79 Å². The van der Waals surface area contributed by atoms with E-state index in [-0.39, 0.29) is 23.5 Å². The molecule has 0 fully saturated rings. The lowest BCUT2D eigenvalue weighted by molar-refractivity contribution is 0.0600. The van der Waals surface area contributed by atoms with E-state index in [2.05, 4.69) is 10.1 Å².